The molecule has 0 radical (unpaired) electrons. The Labute approximate surface area is 140 Å². The van der Waals surface area contributed by atoms with Crippen LogP contribution in [0, 0.1) is 18.3 Å². The molecule has 5 heteroatoms. The number of carbonyl (C=O) groups is 1. The molecule has 0 saturated carbocycles. The van der Waals surface area contributed by atoms with Crippen LogP contribution < -0.4 is 10.6 Å². The van der Waals surface area contributed by atoms with Crippen LogP contribution in [0.25, 0.3) is 0 Å². The fourth-order valence-electron chi connectivity index (χ4n) is 1.99. The Kier molecular flexibility index (Phi) is 5.79. The Hall–Kier alpha value is -2.77. The van der Waals surface area contributed by atoms with Crippen LogP contribution in [-0.4, -0.2) is 5.91 Å². The van der Waals surface area contributed by atoms with Gasteiger partial charge in [-0.05, 0) is 42.3 Å². The van der Waals surface area contributed by atoms with Crippen molar-refractivity contribution < 1.29 is 4.79 Å². The predicted octanol–water partition coefficient (Wildman–Crippen LogP) is 3.78. The Morgan fingerprint density at radius 1 is 1.26 bits per heavy atom. The van der Waals surface area contributed by atoms with E-state index in [4.69, 9.17) is 16.9 Å². The normalized spacial score (nSPS) is 10.7. The third-order valence-electron chi connectivity index (χ3n) is 3.08. The van der Waals surface area contributed by atoms with Gasteiger partial charge in [0.25, 0.3) is 5.91 Å². The Morgan fingerprint density at radius 2 is 2.04 bits per heavy atom. The van der Waals surface area contributed by atoms with Crippen LogP contribution in [0.2, 0.25) is 5.02 Å². The van der Waals surface area contributed by atoms with Crippen molar-refractivity contribution in [1.82, 2.24) is 5.32 Å². The molecule has 0 bridgehead atoms. The minimum absolute atomic E-state index is 0.00790. The molecular weight excluding hydrogens is 310 g/mol. The number of benzene rings is 2. The van der Waals surface area contributed by atoms with E-state index >= 15 is 0 Å². The first-order valence-corrected chi connectivity index (χ1v) is 7.42. The molecule has 0 aliphatic carbocycles. The smallest absolute Gasteiger partial charge is 0.267 e. The average Bonchev–Trinajstić information content (AvgIpc) is 2.51. The van der Waals surface area contributed by atoms with Gasteiger partial charge < -0.3 is 10.6 Å². The molecule has 0 spiro atoms. The molecule has 2 N–H and O–H groups in total. The van der Waals surface area contributed by atoms with Crippen LogP contribution in [0.15, 0.2) is 60.3 Å². The van der Waals surface area contributed by atoms with Gasteiger partial charge in [0.2, 0.25) is 0 Å². The van der Waals surface area contributed by atoms with Crippen molar-refractivity contribution in [3.8, 4) is 6.07 Å². The maximum absolute atomic E-state index is 12.1. The van der Waals surface area contributed by atoms with E-state index in [1.807, 2.05) is 49.4 Å². The summed E-state index contributed by atoms with van der Waals surface area (Å²) in [6, 6.07) is 16.7. The van der Waals surface area contributed by atoms with Gasteiger partial charge in [0.05, 0.1) is 0 Å². The molecule has 0 aliphatic rings. The summed E-state index contributed by atoms with van der Waals surface area (Å²) in [7, 11) is 0. The number of aryl methyl sites for hydroxylation is 1. The second kappa shape index (κ2) is 8.02. The minimum Gasteiger partial charge on any atom is -0.386 e. The number of carbonyl (C=O) groups excluding carboxylic acids is 1. The second-order valence-corrected chi connectivity index (χ2v) is 5.44. The molecule has 0 unspecified atom stereocenters. The molecule has 2 aromatic carbocycles. The molecule has 2 rings (SSSR count). The number of anilines is 1. The molecule has 0 fully saturated rings. The monoisotopic (exact) mass is 325 g/mol. The number of rotatable bonds is 5. The summed E-state index contributed by atoms with van der Waals surface area (Å²) >= 11 is 5.91. The van der Waals surface area contributed by atoms with Crippen LogP contribution in [0.1, 0.15) is 11.1 Å². The van der Waals surface area contributed by atoms with Crippen LogP contribution in [0.5, 0.6) is 0 Å². The maximum atomic E-state index is 12.1. The Balaban J connectivity index is 1.98. The molecule has 0 aromatic heterocycles. The lowest BCUT2D eigenvalue weighted by Crippen LogP contribution is -2.16. The van der Waals surface area contributed by atoms with Gasteiger partial charge in [-0.1, -0.05) is 35.9 Å². The molecule has 0 heterocycles. The topological polar surface area (TPSA) is 64.9 Å². The van der Waals surface area contributed by atoms with E-state index in [9.17, 15) is 4.79 Å². The van der Waals surface area contributed by atoms with Crippen molar-refractivity contribution in [1.29, 1.82) is 5.26 Å². The Morgan fingerprint density at radius 3 is 2.74 bits per heavy atom. The van der Waals surface area contributed by atoms with Crippen molar-refractivity contribution in [2.75, 3.05) is 5.32 Å². The number of nitrogens with zero attached hydrogens (tertiary/aromatic N) is 1. The van der Waals surface area contributed by atoms with Crippen LogP contribution >= 0.6 is 11.6 Å². The molecule has 0 aliphatic heterocycles. The minimum atomic E-state index is -0.448. The van der Waals surface area contributed by atoms with E-state index in [1.165, 1.54) is 6.20 Å². The molecular formula is C18H16ClN3O. The van der Waals surface area contributed by atoms with Gasteiger partial charge in [-0.3, -0.25) is 4.79 Å². The Bertz CT molecular complexity index is 778. The molecule has 4 nitrogen and oxygen atoms in total. The molecule has 2 aromatic rings. The summed E-state index contributed by atoms with van der Waals surface area (Å²) in [5.41, 5.74) is 2.66. The maximum Gasteiger partial charge on any atom is 0.267 e. The summed E-state index contributed by atoms with van der Waals surface area (Å²) in [6.07, 6.45) is 1.41. The summed E-state index contributed by atoms with van der Waals surface area (Å²) < 4.78 is 0. The molecule has 23 heavy (non-hydrogen) atoms. The fourth-order valence-corrected chi connectivity index (χ4v) is 2.20. The third-order valence-corrected chi connectivity index (χ3v) is 3.32. The van der Waals surface area contributed by atoms with Crippen molar-refractivity contribution >= 4 is 23.2 Å². The molecule has 1 amide bonds. The largest absolute Gasteiger partial charge is 0.386 e. The van der Waals surface area contributed by atoms with Crippen LogP contribution in [0.4, 0.5) is 5.69 Å². The highest BCUT2D eigenvalue weighted by molar-refractivity contribution is 6.30. The first kappa shape index (κ1) is 16.6. The molecule has 116 valence electrons. The van der Waals surface area contributed by atoms with Crippen LogP contribution in [0.3, 0.4) is 0 Å². The first-order valence-electron chi connectivity index (χ1n) is 7.04. The highest BCUT2D eigenvalue weighted by Crippen LogP contribution is 2.12. The van der Waals surface area contributed by atoms with E-state index < -0.39 is 5.91 Å². The zero-order valence-corrected chi connectivity index (χ0v) is 13.4. The van der Waals surface area contributed by atoms with Crippen molar-refractivity contribution in [2.24, 2.45) is 0 Å². The fraction of sp³-hybridized carbons (Fsp3) is 0.111. The zero-order valence-electron chi connectivity index (χ0n) is 12.6. The van der Waals surface area contributed by atoms with E-state index in [1.54, 1.807) is 12.1 Å². The number of hydrogen-bond donors (Lipinski definition) is 2. The summed E-state index contributed by atoms with van der Waals surface area (Å²) in [6.45, 7) is 2.41. The summed E-state index contributed by atoms with van der Waals surface area (Å²) in [5.74, 6) is -0.448. The first-order chi connectivity index (χ1) is 11.1. The molecule has 0 atom stereocenters. The van der Waals surface area contributed by atoms with Gasteiger partial charge >= 0.3 is 0 Å². The van der Waals surface area contributed by atoms with E-state index in [-0.39, 0.29) is 5.57 Å². The van der Waals surface area contributed by atoms with E-state index in [0.717, 1.165) is 11.1 Å². The van der Waals surface area contributed by atoms with Crippen LogP contribution in [-0.2, 0) is 11.3 Å². The molecule has 0 saturated heterocycles. The number of hydrogen-bond acceptors (Lipinski definition) is 3. The lowest BCUT2D eigenvalue weighted by molar-refractivity contribution is -0.112. The lowest BCUT2D eigenvalue weighted by atomic mass is 10.2. The number of nitrogens with one attached hydrogen (secondary N) is 2. The van der Waals surface area contributed by atoms with Crippen molar-refractivity contribution in [3.05, 3.63) is 76.5 Å². The number of halogens is 1. The zero-order chi connectivity index (χ0) is 16.7. The van der Waals surface area contributed by atoms with Crippen molar-refractivity contribution in [3.63, 3.8) is 0 Å². The van der Waals surface area contributed by atoms with Gasteiger partial charge in [-0.25, -0.2) is 0 Å². The van der Waals surface area contributed by atoms with Gasteiger partial charge in [-0.15, -0.1) is 0 Å². The highest BCUT2D eigenvalue weighted by atomic mass is 35.5. The summed E-state index contributed by atoms with van der Waals surface area (Å²) in [4.78, 5) is 12.1. The predicted molar refractivity (Wildman–Crippen MR) is 91.8 cm³/mol. The SMILES string of the molecule is Cc1cccc(NC(=O)/C(C#N)=C\NCc2cccc(Cl)c2)c1. The van der Waals surface area contributed by atoms with Gasteiger partial charge in [0.1, 0.15) is 11.6 Å². The second-order valence-electron chi connectivity index (χ2n) is 5.00. The van der Waals surface area contributed by atoms with E-state index in [0.29, 0.717) is 17.3 Å². The number of amides is 1. The van der Waals surface area contributed by atoms with Gasteiger partial charge in [0.15, 0.2) is 0 Å². The third kappa shape index (κ3) is 5.17. The van der Waals surface area contributed by atoms with Gasteiger partial charge in [0, 0.05) is 23.5 Å². The van der Waals surface area contributed by atoms with E-state index in [2.05, 4.69) is 10.6 Å². The van der Waals surface area contributed by atoms with Crippen molar-refractivity contribution in [2.45, 2.75) is 13.5 Å². The highest BCUT2D eigenvalue weighted by Gasteiger charge is 2.09. The lowest BCUT2D eigenvalue weighted by Gasteiger charge is -2.06. The number of nitriles is 1. The average molecular weight is 326 g/mol. The quantitative estimate of drug-likeness (QED) is 0.649. The van der Waals surface area contributed by atoms with Gasteiger partial charge in [-0.2, -0.15) is 5.26 Å². The standard InChI is InChI=1S/C18H16ClN3O/c1-13-4-2-7-17(8-13)22-18(23)15(10-20)12-21-11-14-5-3-6-16(19)9-14/h2-9,12,21H,11H2,1H3,(H,22,23)/b15-12-. The summed E-state index contributed by atoms with van der Waals surface area (Å²) in [5, 5.41) is 15.4.